The lowest BCUT2D eigenvalue weighted by molar-refractivity contribution is 0.0953. The summed E-state index contributed by atoms with van der Waals surface area (Å²) in [6, 6.07) is 3.24. The molecule has 1 aromatic carbocycles. The molecule has 0 fully saturated rings. The lowest BCUT2D eigenvalue weighted by Gasteiger charge is -2.12. The Kier molecular flexibility index (Phi) is 5.74. The first-order chi connectivity index (χ1) is 8.65. The molecule has 0 atom stereocenters. The van der Waals surface area contributed by atoms with Gasteiger partial charge in [0.25, 0.3) is 5.91 Å². The molecule has 3 N–H and O–H groups in total. The second kappa shape index (κ2) is 7.08. The SMILES string of the molecule is COc1ccc(C(=O)NCCCN)c(Cl)c1OC. The van der Waals surface area contributed by atoms with Gasteiger partial charge < -0.3 is 20.5 Å². The van der Waals surface area contributed by atoms with Crippen LogP contribution in [-0.4, -0.2) is 33.2 Å². The van der Waals surface area contributed by atoms with Crippen molar-refractivity contribution in [3.8, 4) is 11.5 Å². The largest absolute Gasteiger partial charge is 0.493 e. The number of hydrogen-bond acceptors (Lipinski definition) is 4. The molecule has 0 heterocycles. The van der Waals surface area contributed by atoms with E-state index < -0.39 is 0 Å². The van der Waals surface area contributed by atoms with Crippen molar-refractivity contribution < 1.29 is 14.3 Å². The van der Waals surface area contributed by atoms with Gasteiger partial charge in [0, 0.05) is 6.54 Å². The van der Waals surface area contributed by atoms with Gasteiger partial charge in [-0.05, 0) is 25.1 Å². The molecule has 6 heteroatoms. The van der Waals surface area contributed by atoms with Gasteiger partial charge in [-0.2, -0.15) is 0 Å². The van der Waals surface area contributed by atoms with Gasteiger partial charge in [0.05, 0.1) is 24.8 Å². The molecule has 0 aromatic heterocycles. The van der Waals surface area contributed by atoms with E-state index in [-0.39, 0.29) is 10.9 Å². The van der Waals surface area contributed by atoms with Crippen LogP contribution in [0.15, 0.2) is 12.1 Å². The lowest BCUT2D eigenvalue weighted by atomic mass is 10.2. The summed E-state index contributed by atoms with van der Waals surface area (Å²) in [4.78, 5) is 11.9. The highest BCUT2D eigenvalue weighted by molar-refractivity contribution is 6.35. The Bertz CT molecular complexity index is 424. The van der Waals surface area contributed by atoms with Gasteiger partial charge in [-0.25, -0.2) is 0 Å². The minimum absolute atomic E-state index is 0.238. The first-order valence-electron chi connectivity index (χ1n) is 5.54. The molecular formula is C12H17ClN2O3. The number of methoxy groups -OCH3 is 2. The summed E-state index contributed by atoms with van der Waals surface area (Å²) in [5.74, 6) is 0.584. The van der Waals surface area contributed by atoms with Gasteiger partial charge in [-0.1, -0.05) is 11.6 Å². The summed E-state index contributed by atoms with van der Waals surface area (Å²) in [6.45, 7) is 1.04. The number of carbonyl (C=O) groups excluding carboxylic acids is 1. The highest BCUT2D eigenvalue weighted by Gasteiger charge is 2.17. The summed E-state index contributed by atoms with van der Waals surface area (Å²) >= 11 is 6.11. The average molecular weight is 273 g/mol. The highest BCUT2D eigenvalue weighted by Crippen LogP contribution is 2.37. The highest BCUT2D eigenvalue weighted by atomic mass is 35.5. The molecular weight excluding hydrogens is 256 g/mol. The topological polar surface area (TPSA) is 73.6 Å². The first-order valence-corrected chi connectivity index (χ1v) is 5.92. The predicted octanol–water partition coefficient (Wildman–Crippen LogP) is 1.44. The number of amides is 1. The molecule has 1 rings (SSSR count). The molecule has 1 amide bonds. The van der Waals surface area contributed by atoms with Crippen molar-refractivity contribution >= 4 is 17.5 Å². The molecule has 1 aromatic rings. The van der Waals surface area contributed by atoms with E-state index in [4.69, 9.17) is 26.8 Å². The molecule has 0 saturated heterocycles. The first kappa shape index (κ1) is 14.6. The van der Waals surface area contributed by atoms with Crippen LogP contribution in [-0.2, 0) is 0 Å². The van der Waals surface area contributed by atoms with Crippen LogP contribution in [0.3, 0.4) is 0 Å². The molecule has 0 saturated carbocycles. The van der Waals surface area contributed by atoms with Crippen molar-refractivity contribution in [3.05, 3.63) is 22.7 Å². The van der Waals surface area contributed by atoms with Crippen LogP contribution in [0.4, 0.5) is 0 Å². The van der Waals surface area contributed by atoms with Crippen molar-refractivity contribution in [2.24, 2.45) is 5.73 Å². The van der Waals surface area contributed by atoms with Crippen LogP contribution < -0.4 is 20.5 Å². The monoisotopic (exact) mass is 272 g/mol. The average Bonchev–Trinajstić information content (AvgIpc) is 2.38. The minimum atomic E-state index is -0.255. The van der Waals surface area contributed by atoms with Gasteiger partial charge in [0.15, 0.2) is 11.5 Å². The van der Waals surface area contributed by atoms with E-state index in [0.29, 0.717) is 30.2 Å². The molecule has 0 aliphatic rings. The zero-order chi connectivity index (χ0) is 13.5. The van der Waals surface area contributed by atoms with Gasteiger partial charge in [-0.3, -0.25) is 4.79 Å². The Balaban J connectivity index is 2.93. The minimum Gasteiger partial charge on any atom is -0.493 e. The van der Waals surface area contributed by atoms with E-state index in [1.54, 1.807) is 12.1 Å². The standard InChI is InChI=1S/C12H17ClN2O3/c1-17-9-5-4-8(10(13)11(9)18-2)12(16)15-7-3-6-14/h4-5H,3,6-7,14H2,1-2H3,(H,15,16). The summed E-state index contributed by atoms with van der Waals surface area (Å²) in [7, 11) is 2.98. The van der Waals surface area contributed by atoms with Crippen molar-refractivity contribution in [1.29, 1.82) is 0 Å². The normalized spacial score (nSPS) is 10.0. The van der Waals surface area contributed by atoms with Crippen LogP contribution >= 0.6 is 11.6 Å². The zero-order valence-corrected chi connectivity index (χ0v) is 11.2. The molecule has 0 aliphatic heterocycles. The lowest BCUT2D eigenvalue weighted by Crippen LogP contribution is -2.26. The predicted molar refractivity (Wildman–Crippen MR) is 70.6 cm³/mol. The fourth-order valence-corrected chi connectivity index (χ4v) is 1.78. The Morgan fingerprint density at radius 3 is 2.67 bits per heavy atom. The Hall–Kier alpha value is -1.46. The number of rotatable bonds is 6. The third-order valence-electron chi connectivity index (χ3n) is 2.40. The fourth-order valence-electron chi connectivity index (χ4n) is 1.46. The number of benzene rings is 1. The van der Waals surface area contributed by atoms with E-state index in [0.717, 1.165) is 6.42 Å². The third kappa shape index (κ3) is 3.27. The Morgan fingerprint density at radius 2 is 2.11 bits per heavy atom. The summed E-state index contributed by atoms with van der Waals surface area (Å²) in [5.41, 5.74) is 5.71. The van der Waals surface area contributed by atoms with E-state index in [1.165, 1.54) is 14.2 Å². The van der Waals surface area contributed by atoms with Crippen molar-refractivity contribution in [1.82, 2.24) is 5.32 Å². The molecule has 0 unspecified atom stereocenters. The van der Waals surface area contributed by atoms with E-state index >= 15 is 0 Å². The molecule has 0 spiro atoms. The van der Waals surface area contributed by atoms with E-state index in [9.17, 15) is 4.79 Å². The number of hydrogen-bond donors (Lipinski definition) is 2. The van der Waals surface area contributed by atoms with Crippen LogP contribution in [0.25, 0.3) is 0 Å². The summed E-state index contributed by atoms with van der Waals surface area (Å²) < 4.78 is 10.2. The van der Waals surface area contributed by atoms with Crippen LogP contribution in [0.2, 0.25) is 5.02 Å². The van der Waals surface area contributed by atoms with Gasteiger partial charge >= 0.3 is 0 Å². The van der Waals surface area contributed by atoms with Crippen molar-refractivity contribution in [3.63, 3.8) is 0 Å². The third-order valence-corrected chi connectivity index (χ3v) is 2.77. The molecule has 0 aliphatic carbocycles. The molecule has 18 heavy (non-hydrogen) atoms. The molecule has 0 bridgehead atoms. The Labute approximate surface area is 111 Å². The van der Waals surface area contributed by atoms with Crippen molar-refractivity contribution in [2.75, 3.05) is 27.3 Å². The van der Waals surface area contributed by atoms with Crippen molar-refractivity contribution in [2.45, 2.75) is 6.42 Å². The van der Waals surface area contributed by atoms with Crippen LogP contribution in [0, 0.1) is 0 Å². The molecule has 5 nitrogen and oxygen atoms in total. The maximum atomic E-state index is 11.9. The second-order valence-electron chi connectivity index (χ2n) is 3.56. The van der Waals surface area contributed by atoms with E-state index in [2.05, 4.69) is 5.32 Å². The maximum Gasteiger partial charge on any atom is 0.252 e. The number of ether oxygens (including phenoxy) is 2. The summed E-state index contributed by atoms with van der Waals surface area (Å²) in [5, 5.41) is 2.97. The maximum absolute atomic E-state index is 11.9. The summed E-state index contributed by atoms with van der Waals surface area (Å²) in [6.07, 6.45) is 0.719. The van der Waals surface area contributed by atoms with Gasteiger partial charge in [-0.15, -0.1) is 0 Å². The smallest absolute Gasteiger partial charge is 0.252 e. The second-order valence-corrected chi connectivity index (χ2v) is 3.94. The zero-order valence-electron chi connectivity index (χ0n) is 10.5. The van der Waals surface area contributed by atoms with E-state index in [1.807, 2.05) is 0 Å². The van der Waals surface area contributed by atoms with Gasteiger partial charge in [0.2, 0.25) is 0 Å². The quantitative estimate of drug-likeness (QED) is 0.769. The molecule has 100 valence electrons. The van der Waals surface area contributed by atoms with Crippen LogP contribution in [0.1, 0.15) is 16.8 Å². The number of halogens is 1. The van der Waals surface area contributed by atoms with Crippen LogP contribution in [0.5, 0.6) is 11.5 Å². The number of nitrogens with two attached hydrogens (primary N) is 1. The molecule has 0 radical (unpaired) electrons. The fraction of sp³-hybridized carbons (Fsp3) is 0.417. The number of nitrogens with one attached hydrogen (secondary N) is 1. The van der Waals surface area contributed by atoms with Gasteiger partial charge in [0.1, 0.15) is 0 Å². The number of carbonyl (C=O) groups is 1. The Morgan fingerprint density at radius 1 is 1.39 bits per heavy atom.